The second-order valence-corrected chi connectivity index (χ2v) is 4.18. The molecule has 1 aromatic rings. The third-order valence-corrected chi connectivity index (χ3v) is 3.05. The Morgan fingerprint density at radius 3 is 2.44 bits per heavy atom. The van der Waals surface area contributed by atoms with Gasteiger partial charge in [-0.2, -0.15) is 0 Å². The molecule has 0 radical (unpaired) electrons. The summed E-state index contributed by atoms with van der Waals surface area (Å²) in [6.07, 6.45) is 0.218. The van der Waals surface area contributed by atoms with E-state index in [-0.39, 0.29) is 21.0 Å². The molecule has 0 saturated carbocycles. The molecular formula is C11H13O4P. The Hall–Kier alpha value is -1.25. The summed E-state index contributed by atoms with van der Waals surface area (Å²) in [5, 5.41) is 18.6. The van der Waals surface area contributed by atoms with Crippen molar-refractivity contribution in [1.29, 1.82) is 0 Å². The van der Waals surface area contributed by atoms with Gasteiger partial charge < -0.3 is 10.2 Å². The van der Waals surface area contributed by atoms with Crippen molar-refractivity contribution in [2.24, 2.45) is 0 Å². The molecule has 0 aliphatic rings. The Bertz CT molecular complexity index is 366. The lowest BCUT2D eigenvalue weighted by molar-refractivity contribution is -0.156. The summed E-state index contributed by atoms with van der Waals surface area (Å²) >= 11 is 0. The first-order valence-corrected chi connectivity index (χ1v) is 5.87. The van der Waals surface area contributed by atoms with Gasteiger partial charge >= 0.3 is 5.97 Å². The predicted octanol–water partition coefficient (Wildman–Crippen LogP) is 1.73. The molecule has 0 saturated heterocycles. The number of benzene rings is 1. The number of aliphatic carboxylic acids is 1. The number of hydrogen-bond acceptors (Lipinski definition) is 3. The fourth-order valence-corrected chi connectivity index (χ4v) is 1.86. The van der Waals surface area contributed by atoms with Gasteiger partial charge in [-0.05, 0) is 18.4 Å². The number of carbonyl (C=O) groups is 1. The molecule has 1 aromatic carbocycles. The maximum Gasteiger partial charge on any atom is 0.336 e. The number of aliphatic hydroxyl groups is 1. The molecule has 0 aliphatic heterocycles. The molecule has 0 aliphatic carbocycles. The molecule has 0 spiro atoms. The summed E-state index contributed by atoms with van der Waals surface area (Å²) in [4.78, 5) is 10.8. The van der Waals surface area contributed by atoms with Gasteiger partial charge in [0.2, 0.25) is 0 Å². The van der Waals surface area contributed by atoms with Crippen molar-refractivity contribution < 1.29 is 19.6 Å². The molecule has 2 N–H and O–H groups in total. The van der Waals surface area contributed by atoms with Crippen molar-refractivity contribution in [2.75, 3.05) is 6.16 Å². The lowest BCUT2D eigenvalue weighted by Crippen LogP contribution is -2.41. The third kappa shape index (κ3) is 3.40. The second-order valence-electron chi connectivity index (χ2n) is 3.61. The van der Waals surface area contributed by atoms with Crippen LogP contribution in [0.4, 0.5) is 0 Å². The van der Waals surface area contributed by atoms with Gasteiger partial charge in [-0.25, -0.2) is 4.79 Å². The molecule has 16 heavy (non-hydrogen) atoms. The minimum atomic E-state index is -1.90. The first-order valence-electron chi connectivity index (χ1n) is 4.87. The zero-order valence-corrected chi connectivity index (χ0v) is 9.56. The van der Waals surface area contributed by atoms with Crippen molar-refractivity contribution in [2.45, 2.75) is 18.4 Å². The van der Waals surface area contributed by atoms with Crippen LogP contribution >= 0.6 is 8.46 Å². The van der Waals surface area contributed by atoms with Crippen molar-refractivity contribution in [3.8, 4) is 0 Å². The van der Waals surface area contributed by atoms with Crippen LogP contribution in [0.5, 0.6) is 0 Å². The molecule has 0 amide bonds. The monoisotopic (exact) mass is 240 g/mol. The number of hydrogen-bond donors (Lipinski definition) is 2. The quantitative estimate of drug-likeness (QED) is 0.742. The number of carboxylic acids is 1. The first kappa shape index (κ1) is 12.8. The number of aryl methyl sites for hydroxylation is 1. The van der Waals surface area contributed by atoms with Crippen molar-refractivity contribution >= 4 is 14.4 Å². The lowest BCUT2D eigenvalue weighted by Gasteiger charge is -2.20. The zero-order chi connectivity index (χ0) is 12.0. The van der Waals surface area contributed by atoms with Gasteiger partial charge in [0.15, 0.2) is 14.1 Å². The lowest BCUT2D eigenvalue weighted by atomic mass is 9.97. The topological polar surface area (TPSA) is 74.6 Å². The van der Waals surface area contributed by atoms with E-state index < -0.39 is 11.6 Å². The highest BCUT2D eigenvalue weighted by molar-refractivity contribution is 7.23. The van der Waals surface area contributed by atoms with Crippen LogP contribution in [0.1, 0.15) is 12.0 Å². The standard InChI is InChI=1S/C11H13O4P/c12-10(13)11(14,8-16-15)7-6-9-4-2-1-3-5-9/h1-5,14H,6-8H2,(H,12,13). The zero-order valence-electron chi connectivity index (χ0n) is 8.67. The smallest absolute Gasteiger partial charge is 0.336 e. The summed E-state index contributed by atoms with van der Waals surface area (Å²) in [6.45, 7) is 0. The highest BCUT2D eigenvalue weighted by atomic mass is 31.1. The molecule has 1 unspecified atom stereocenters. The minimum Gasteiger partial charge on any atom is -0.479 e. The van der Waals surface area contributed by atoms with Gasteiger partial charge in [0.1, 0.15) is 0 Å². The minimum absolute atomic E-state index is 0.0571. The maximum atomic E-state index is 10.8. The Morgan fingerprint density at radius 2 is 1.94 bits per heavy atom. The highest BCUT2D eigenvalue weighted by Crippen LogP contribution is 2.19. The van der Waals surface area contributed by atoms with Crippen LogP contribution < -0.4 is 0 Å². The Kier molecular flexibility index (Phi) is 4.59. The van der Waals surface area contributed by atoms with Crippen LogP contribution in [0.15, 0.2) is 30.3 Å². The van der Waals surface area contributed by atoms with E-state index in [0.717, 1.165) is 5.56 Å². The number of rotatable bonds is 6. The van der Waals surface area contributed by atoms with E-state index in [2.05, 4.69) is 0 Å². The van der Waals surface area contributed by atoms with E-state index in [9.17, 15) is 14.5 Å². The molecule has 0 bridgehead atoms. The third-order valence-electron chi connectivity index (χ3n) is 2.39. The summed E-state index contributed by atoms with van der Waals surface area (Å²) in [5.74, 6) is -1.33. The van der Waals surface area contributed by atoms with Gasteiger partial charge in [0.25, 0.3) is 0 Å². The molecule has 0 heterocycles. The van der Waals surface area contributed by atoms with E-state index in [1.807, 2.05) is 30.3 Å². The fourth-order valence-electron chi connectivity index (χ4n) is 1.36. The molecule has 1 rings (SSSR count). The van der Waals surface area contributed by atoms with Gasteiger partial charge in [-0.15, -0.1) is 0 Å². The van der Waals surface area contributed by atoms with Crippen molar-refractivity contribution in [3.63, 3.8) is 0 Å². The Balaban J connectivity index is 2.64. The highest BCUT2D eigenvalue weighted by Gasteiger charge is 2.35. The largest absolute Gasteiger partial charge is 0.479 e. The Morgan fingerprint density at radius 1 is 1.31 bits per heavy atom. The maximum absolute atomic E-state index is 10.8. The Labute approximate surface area is 95.1 Å². The molecular weight excluding hydrogens is 227 g/mol. The summed E-state index contributed by atoms with van der Waals surface area (Å²) < 4.78 is 10.4. The molecule has 5 heteroatoms. The first-order chi connectivity index (χ1) is 7.58. The van der Waals surface area contributed by atoms with E-state index in [1.165, 1.54) is 0 Å². The van der Waals surface area contributed by atoms with E-state index in [4.69, 9.17) is 5.11 Å². The van der Waals surface area contributed by atoms with Crippen LogP contribution in [-0.4, -0.2) is 27.9 Å². The normalized spacial score (nSPS) is 14.6. The summed E-state index contributed by atoms with van der Waals surface area (Å²) in [7, 11) is -0.360. The van der Waals surface area contributed by atoms with E-state index in [0.29, 0.717) is 6.42 Å². The molecule has 1 atom stereocenters. The van der Waals surface area contributed by atoms with Gasteiger partial charge in [-0.3, -0.25) is 4.57 Å². The van der Waals surface area contributed by atoms with Crippen LogP contribution in [0.2, 0.25) is 0 Å². The number of carboxylic acid groups (broad SMARTS) is 1. The molecule has 0 aromatic heterocycles. The molecule has 86 valence electrons. The summed E-state index contributed by atoms with van der Waals surface area (Å²) in [6, 6.07) is 9.28. The second kappa shape index (κ2) is 5.73. The average Bonchev–Trinajstić information content (AvgIpc) is 2.28. The fraction of sp³-hybridized carbons (Fsp3) is 0.364. The molecule has 4 nitrogen and oxygen atoms in total. The van der Waals surface area contributed by atoms with Crippen LogP contribution in [0.3, 0.4) is 0 Å². The van der Waals surface area contributed by atoms with Crippen molar-refractivity contribution in [1.82, 2.24) is 0 Å². The van der Waals surface area contributed by atoms with Crippen LogP contribution in [0.25, 0.3) is 0 Å². The van der Waals surface area contributed by atoms with Gasteiger partial charge in [-0.1, -0.05) is 30.3 Å². The summed E-state index contributed by atoms with van der Waals surface area (Å²) in [5.41, 5.74) is -0.955. The average molecular weight is 240 g/mol. The van der Waals surface area contributed by atoms with Crippen LogP contribution in [-0.2, 0) is 15.8 Å². The van der Waals surface area contributed by atoms with E-state index in [1.54, 1.807) is 0 Å². The van der Waals surface area contributed by atoms with Crippen LogP contribution in [0, 0.1) is 0 Å². The van der Waals surface area contributed by atoms with Crippen molar-refractivity contribution in [3.05, 3.63) is 35.9 Å². The van der Waals surface area contributed by atoms with Gasteiger partial charge in [0.05, 0.1) is 6.16 Å². The van der Waals surface area contributed by atoms with E-state index >= 15 is 0 Å². The SMILES string of the molecule is O=PCC(O)(CCc1ccccc1)C(=O)O. The van der Waals surface area contributed by atoms with Gasteiger partial charge in [0, 0.05) is 0 Å². The molecule has 0 fully saturated rings. The predicted molar refractivity (Wildman–Crippen MR) is 59.8 cm³/mol.